The summed E-state index contributed by atoms with van der Waals surface area (Å²) in [7, 11) is 0. The minimum atomic E-state index is -0.548. The molecule has 6 heteroatoms. The molecule has 0 fully saturated rings. The minimum absolute atomic E-state index is 0.0989. The van der Waals surface area contributed by atoms with E-state index >= 15 is 0 Å². The molecular weight excluding hydrogens is 279 g/mol. The first-order valence-corrected chi connectivity index (χ1v) is 6.78. The van der Waals surface area contributed by atoms with Crippen molar-refractivity contribution < 1.29 is 4.39 Å². The van der Waals surface area contributed by atoms with Gasteiger partial charge in [0, 0.05) is 11.6 Å². The van der Waals surface area contributed by atoms with Crippen molar-refractivity contribution in [3.63, 3.8) is 0 Å². The van der Waals surface area contributed by atoms with Crippen LogP contribution < -0.4 is 11.3 Å². The predicted molar refractivity (Wildman–Crippen MR) is 77.9 cm³/mol. The Balaban J connectivity index is 2.55. The maximum Gasteiger partial charge on any atom is 0.128 e. The standard InChI is InChI=1S/C14H18ClFN4/c1-8(2)20-14(11(15)7-18-20)13(19-17)10-5-4-9(3)6-12(10)16/h4-8,13,19H,17H2,1-3H3. The fourth-order valence-electron chi connectivity index (χ4n) is 2.21. The quantitative estimate of drug-likeness (QED) is 0.673. The van der Waals surface area contributed by atoms with E-state index in [1.807, 2.05) is 26.8 Å². The molecule has 0 spiro atoms. The highest BCUT2D eigenvalue weighted by Crippen LogP contribution is 2.31. The first-order chi connectivity index (χ1) is 9.45. The lowest BCUT2D eigenvalue weighted by atomic mass is 10.0. The van der Waals surface area contributed by atoms with Crippen molar-refractivity contribution in [1.29, 1.82) is 0 Å². The second kappa shape index (κ2) is 5.91. The molecule has 0 saturated heterocycles. The average molecular weight is 297 g/mol. The number of halogens is 2. The molecule has 1 aromatic heterocycles. The number of rotatable bonds is 4. The van der Waals surface area contributed by atoms with Crippen LogP contribution in [0.1, 0.15) is 42.8 Å². The summed E-state index contributed by atoms with van der Waals surface area (Å²) in [5.74, 6) is 5.31. The van der Waals surface area contributed by atoms with Gasteiger partial charge in [0.25, 0.3) is 0 Å². The third-order valence-electron chi connectivity index (χ3n) is 3.18. The van der Waals surface area contributed by atoms with E-state index in [0.717, 1.165) is 5.56 Å². The number of aromatic nitrogens is 2. The van der Waals surface area contributed by atoms with Gasteiger partial charge in [-0.3, -0.25) is 10.5 Å². The summed E-state index contributed by atoms with van der Waals surface area (Å²) in [4.78, 5) is 0. The van der Waals surface area contributed by atoms with Crippen LogP contribution in [0, 0.1) is 12.7 Å². The van der Waals surface area contributed by atoms with Crippen molar-refractivity contribution in [3.8, 4) is 0 Å². The highest BCUT2D eigenvalue weighted by atomic mass is 35.5. The third kappa shape index (κ3) is 2.70. The second-order valence-corrected chi connectivity index (χ2v) is 5.45. The largest absolute Gasteiger partial charge is 0.271 e. The molecule has 4 nitrogen and oxygen atoms in total. The first-order valence-electron chi connectivity index (χ1n) is 6.40. The summed E-state index contributed by atoms with van der Waals surface area (Å²) in [5, 5.41) is 4.68. The van der Waals surface area contributed by atoms with E-state index in [4.69, 9.17) is 17.4 Å². The number of aryl methyl sites for hydroxylation is 1. The Kier molecular flexibility index (Phi) is 4.42. The molecule has 0 aliphatic heterocycles. The molecule has 20 heavy (non-hydrogen) atoms. The van der Waals surface area contributed by atoms with Crippen molar-refractivity contribution in [3.05, 3.63) is 52.1 Å². The molecule has 0 saturated carbocycles. The zero-order valence-corrected chi connectivity index (χ0v) is 12.4. The summed E-state index contributed by atoms with van der Waals surface area (Å²) in [6, 6.07) is 4.58. The number of hydrazine groups is 1. The van der Waals surface area contributed by atoms with Gasteiger partial charge in [-0.15, -0.1) is 0 Å². The van der Waals surface area contributed by atoms with Crippen molar-refractivity contribution in [2.45, 2.75) is 32.9 Å². The number of hydrogen-bond acceptors (Lipinski definition) is 3. The number of nitrogens with two attached hydrogens (primary N) is 1. The molecule has 3 N–H and O–H groups in total. The molecule has 1 heterocycles. The maximum atomic E-state index is 14.2. The third-order valence-corrected chi connectivity index (χ3v) is 3.47. The minimum Gasteiger partial charge on any atom is -0.271 e. The Morgan fingerprint density at radius 3 is 2.65 bits per heavy atom. The van der Waals surface area contributed by atoms with Gasteiger partial charge in [0.1, 0.15) is 5.82 Å². The zero-order chi connectivity index (χ0) is 14.9. The topological polar surface area (TPSA) is 55.9 Å². The summed E-state index contributed by atoms with van der Waals surface area (Å²) in [6.45, 7) is 5.79. The van der Waals surface area contributed by atoms with Gasteiger partial charge in [0.15, 0.2) is 0 Å². The second-order valence-electron chi connectivity index (χ2n) is 5.04. The Morgan fingerprint density at radius 1 is 1.40 bits per heavy atom. The predicted octanol–water partition coefficient (Wildman–Crippen LogP) is 3.12. The maximum absolute atomic E-state index is 14.2. The average Bonchev–Trinajstić information content (AvgIpc) is 2.75. The Morgan fingerprint density at radius 2 is 2.10 bits per heavy atom. The highest BCUT2D eigenvalue weighted by molar-refractivity contribution is 6.31. The number of hydrogen-bond donors (Lipinski definition) is 2. The molecule has 0 bridgehead atoms. The number of nitrogens with one attached hydrogen (secondary N) is 1. The van der Waals surface area contributed by atoms with Crippen molar-refractivity contribution in [2.75, 3.05) is 0 Å². The van der Waals surface area contributed by atoms with Crippen LogP contribution >= 0.6 is 11.6 Å². The van der Waals surface area contributed by atoms with Crippen molar-refractivity contribution in [1.82, 2.24) is 15.2 Å². The summed E-state index contributed by atoms with van der Waals surface area (Å²) >= 11 is 6.19. The van der Waals surface area contributed by atoms with Crippen LogP contribution in [0.2, 0.25) is 5.02 Å². The van der Waals surface area contributed by atoms with E-state index in [0.29, 0.717) is 16.3 Å². The normalized spacial score (nSPS) is 12.9. The van der Waals surface area contributed by atoms with E-state index in [1.54, 1.807) is 16.9 Å². The van der Waals surface area contributed by atoms with Gasteiger partial charge >= 0.3 is 0 Å². The molecule has 0 amide bonds. The monoisotopic (exact) mass is 296 g/mol. The van der Waals surface area contributed by atoms with Crippen LogP contribution in [0.25, 0.3) is 0 Å². The molecular formula is C14H18ClFN4. The molecule has 1 unspecified atom stereocenters. The smallest absolute Gasteiger partial charge is 0.128 e. The molecule has 2 rings (SSSR count). The highest BCUT2D eigenvalue weighted by Gasteiger charge is 2.24. The van der Waals surface area contributed by atoms with Crippen LogP contribution in [0.15, 0.2) is 24.4 Å². The molecule has 1 aromatic carbocycles. The van der Waals surface area contributed by atoms with Crippen molar-refractivity contribution in [2.24, 2.45) is 5.84 Å². The Hall–Kier alpha value is -1.43. The van der Waals surface area contributed by atoms with Crippen LogP contribution in [-0.4, -0.2) is 9.78 Å². The van der Waals surface area contributed by atoms with Gasteiger partial charge < -0.3 is 0 Å². The molecule has 0 radical (unpaired) electrons. The molecule has 0 aliphatic rings. The van der Waals surface area contributed by atoms with E-state index in [-0.39, 0.29) is 11.9 Å². The van der Waals surface area contributed by atoms with E-state index < -0.39 is 6.04 Å². The van der Waals surface area contributed by atoms with Gasteiger partial charge in [0.05, 0.1) is 23.0 Å². The fraction of sp³-hybridized carbons (Fsp3) is 0.357. The fourth-order valence-corrected chi connectivity index (χ4v) is 2.45. The Bertz CT molecular complexity index is 609. The van der Waals surface area contributed by atoms with Crippen LogP contribution in [0.4, 0.5) is 4.39 Å². The molecule has 108 valence electrons. The lowest BCUT2D eigenvalue weighted by molar-refractivity contribution is 0.467. The van der Waals surface area contributed by atoms with E-state index in [2.05, 4.69) is 10.5 Å². The van der Waals surface area contributed by atoms with Gasteiger partial charge in [-0.25, -0.2) is 9.82 Å². The SMILES string of the molecule is Cc1ccc(C(NN)c2c(Cl)cnn2C(C)C)c(F)c1. The van der Waals surface area contributed by atoms with Gasteiger partial charge in [0.2, 0.25) is 0 Å². The van der Waals surface area contributed by atoms with Crippen LogP contribution in [0.5, 0.6) is 0 Å². The number of nitrogens with zero attached hydrogens (tertiary/aromatic N) is 2. The van der Waals surface area contributed by atoms with E-state index in [9.17, 15) is 4.39 Å². The van der Waals surface area contributed by atoms with Gasteiger partial charge in [-0.1, -0.05) is 23.7 Å². The van der Waals surface area contributed by atoms with E-state index in [1.165, 1.54) is 6.07 Å². The zero-order valence-electron chi connectivity index (χ0n) is 11.7. The Labute approximate surface area is 122 Å². The lowest BCUT2D eigenvalue weighted by Crippen LogP contribution is -2.32. The summed E-state index contributed by atoms with van der Waals surface area (Å²) in [5.41, 5.74) is 4.59. The lowest BCUT2D eigenvalue weighted by Gasteiger charge is -2.21. The van der Waals surface area contributed by atoms with Gasteiger partial charge in [-0.05, 0) is 32.4 Å². The van der Waals surface area contributed by atoms with Crippen molar-refractivity contribution >= 4 is 11.6 Å². The van der Waals surface area contributed by atoms with Crippen LogP contribution in [0.3, 0.4) is 0 Å². The molecule has 2 aromatic rings. The van der Waals surface area contributed by atoms with Crippen LogP contribution in [-0.2, 0) is 0 Å². The molecule has 1 atom stereocenters. The summed E-state index contributed by atoms with van der Waals surface area (Å²) < 4.78 is 15.9. The summed E-state index contributed by atoms with van der Waals surface area (Å²) in [6.07, 6.45) is 1.55. The number of benzene rings is 1. The first kappa shape index (κ1) is 15.0. The molecule has 0 aliphatic carbocycles. The van der Waals surface area contributed by atoms with Gasteiger partial charge in [-0.2, -0.15) is 5.10 Å².